The van der Waals surface area contributed by atoms with Crippen LogP contribution in [0.3, 0.4) is 0 Å². The largest absolute Gasteiger partial charge is 0.550 e. The number of hydrogen-bond donors (Lipinski definition) is 0. The number of aliphatic carboxylic acids is 10. The second kappa shape index (κ2) is 31.9. The first-order valence-electron chi connectivity index (χ1n) is 7.62. The Morgan fingerprint density at radius 3 is 0.297 bits per heavy atom. The maximum atomic E-state index is 9.28. The van der Waals surface area contributed by atoms with Gasteiger partial charge >= 0.3 is 0 Å². The molecule has 0 aromatic carbocycles. The molecule has 0 fully saturated rings. The smallest absolute Gasteiger partial charge is 0.0470 e. The quantitative estimate of drug-likeness (QED) is 0.207. The van der Waals surface area contributed by atoms with E-state index < -0.39 is 91.8 Å². The monoisotopic (exact) mass is 612 g/mol. The van der Waals surface area contributed by atoms with Gasteiger partial charge in [0.1, 0.15) is 0 Å². The van der Waals surface area contributed by atoms with E-state index in [2.05, 4.69) is 0 Å². The van der Waals surface area contributed by atoms with Crippen LogP contribution in [0.15, 0.2) is 0 Å². The molecule has 0 atom stereocenters. The Kier molecular flexibility index (Phi) is 43.0. The molecule has 0 N–H and O–H groups in total. The summed E-state index contributed by atoms with van der Waals surface area (Å²) in [6.07, 6.45) is -5.14. The van der Waals surface area contributed by atoms with Gasteiger partial charge in [-0.1, -0.05) is 0 Å². The summed E-state index contributed by atoms with van der Waals surface area (Å²) in [5, 5.41) is 92.8. The molecule has 0 aliphatic carbocycles. The summed E-state index contributed by atoms with van der Waals surface area (Å²) >= 11 is 0. The van der Waals surface area contributed by atoms with Crippen LogP contribution in [0, 0.1) is 0 Å². The summed E-state index contributed by atoms with van der Waals surface area (Å²) in [4.78, 5) is 92.8. The van der Waals surface area contributed by atoms with Crippen LogP contribution in [0.25, 0.3) is 0 Å². The molecule has 210 valence electrons. The third kappa shape index (κ3) is 113. The topological polar surface area (TPSA) is 401 Å². The van der Waals surface area contributed by atoms with Crippen LogP contribution in [0.4, 0.5) is 0 Å². The molecule has 0 aliphatic heterocycles. The first kappa shape index (κ1) is 49.9. The molecule has 0 aromatic heterocycles. The summed E-state index contributed by atoms with van der Waals surface area (Å²) in [6.45, 7) is 0. The second-order valence-electron chi connectivity index (χ2n) is 4.60. The van der Waals surface area contributed by atoms with Crippen LogP contribution in [0.2, 0.25) is 0 Å². The van der Waals surface area contributed by atoms with E-state index in [1.165, 1.54) is 0 Å². The number of carboxylic acids is 10. The van der Waals surface area contributed by atoms with Gasteiger partial charge in [-0.25, -0.2) is 0 Å². The van der Waals surface area contributed by atoms with Crippen molar-refractivity contribution in [1.82, 2.24) is 0 Å². The maximum absolute atomic E-state index is 9.28. The Balaban J connectivity index is -0.0000000600. The van der Waals surface area contributed by atoms with Gasteiger partial charge in [0, 0.05) is 129 Å². The van der Waals surface area contributed by atoms with Gasteiger partial charge in [-0.2, -0.15) is 0 Å². The first-order chi connectivity index (χ1) is 15.6. The molecule has 0 saturated heterocycles. The van der Waals surface area contributed by atoms with Gasteiger partial charge in [-0.3, -0.25) is 0 Å². The molecular formula is C15H10O20V2-10. The predicted octanol–water partition coefficient (Wildman–Crippen LogP) is -15.6. The van der Waals surface area contributed by atoms with Crippen molar-refractivity contribution < 1.29 is 136 Å². The van der Waals surface area contributed by atoms with E-state index in [4.69, 9.17) is 0 Å². The van der Waals surface area contributed by atoms with E-state index in [9.17, 15) is 99.0 Å². The number of carbonyl (C=O) groups is 10. The maximum Gasteiger partial charge on any atom is 0.0470 e. The Morgan fingerprint density at radius 1 is 0.243 bits per heavy atom. The van der Waals surface area contributed by atoms with Gasteiger partial charge < -0.3 is 99.0 Å². The van der Waals surface area contributed by atoms with Crippen molar-refractivity contribution in [1.29, 1.82) is 0 Å². The van der Waals surface area contributed by atoms with Crippen molar-refractivity contribution in [2.75, 3.05) is 0 Å². The Labute approximate surface area is 227 Å². The fourth-order valence-electron chi connectivity index (χ4n) is 0.589. The minimum atomic E-state index is -1.63. The Morgan fingerprint density at radius 2 is 0.297 bits per heavy atom. The van der Waals surface area contributed by atoms with Gasteiger partial charge in [0.2, 0.25) is 0 Å². The predicted molar refractivity (Wildman–Crippen MR) is 73.2 cm³/mol. The average Bonchev–Trinajstić information content (AvgIpc) is 2.49. The van der Waals surface area contributed by atoms with Crippen LogP contribution in [-0.2, 0) is 85.1 Å². The fourth-order valence-corrected chi connectivity index (χ4v) is 0.589. The summed E-state index contributed by atoms with van der Waals surface area (Å²) < 4.78 is 0. The molecule has 0 aromatic rings. The molecule has 37 heavy (non-hydrogen) atoms. The van der Waals surface area contributed by atoms with Crippen molar-refractivity contribution in [3.05, 3.63) is 0 Å². The summed E-state index contributed by atoms with van der Waals surface area (Å²) in [5.41, 5.74) is 0. The Hall–Kier alpha value is -4.13. The van der Waals surface area contributed by atoms with E-state index in [0.29, 0.717) is 0 Å². The molecule has 0 unspecified atom stereocenters. The summed E-state index contributed by atoms with van der Waals surface area (Å²) in [5.74, 6) is -16.2. The molecule has 0 rings (SSSR count). The van der Waals surface area contributed by atoms with Gasteiger partial charge in [0.25, 0.3) is 0 Å². The normalized spacial score (nSPS) is 7.57. The van der Waals surface area contributed by atoms with Crippen LogP contribution in [0.1, 0.15) is 32.1 Å². The molecular weight excluding hydrogens is 602 g/mol. The molecule has 22 heteroatoms. The molecule has 0 spiro atoms. The molecule has 2 radical (unpaired) electrons. The minimum Gasteiger partial charge on any atom is -0.550 e. The standard InChI is InChI=1S/5C3H4O4.2V/c5*4-2(5)1-3(6)7;;/h5*1H2,(H,4,5)(H,6,7);;/p-10. The van der Waals surface area contributed by atoms with Gasteiger partial charge in [-0.15, -0.1) is 0 Å². The van der Waals surface area contributed by atoms with E-state index in [-0.39, 0.29) is 37.1 Å². The molecule has 0 amide bonds. The molecule has 0 aliphatic rings. The number of rotatable bonds is 10. The molecule has 0 heterocycles. The van der Waals surface area contributed by atoms with Crippen LogP contribution < -0.4 is 51.1 Å². The van der Waals surface area contributed by atoms with E-state index in [1.54, 1.807) is 0 Å². The third-order valence-corrected chi connectivity index (χ3v) is 1.44. The first-order valence-corrected chi connectivity index (χ1v) is 7.62. The van der Waals surface area contributed by atoms with E-state index >= 15 is 0 Å². The van der Waals surface area contributed by atoms with Crippen LogP contribution >= 0.6 is 0 Å². The van der Waals surface area contributed by atoms with E-state index in [1.807, 2.05) is 0 Å². The molecule has 0 saturated carbocycles. The molecule has 20 nitrogen and oxygen atoms in total. The fraction of sp³-hybridized carbons (Fsp3) is 0.333. The zero-order chi connectivity index (χ0) is 29.3. The Bertz CT molecular complexity index is 578. The number of hydrogen-bond acceptors (Lipinski definition) is 20. The van der Waals surface area contributed by atoms with Crippen molar-refractivity contribution in [3.8, 4) is 0 Å². The van der Waals surface area contributed by atoms with Crippen LogP contribution in [0.5, 0.6) is 0 Å². The van der Waals surface area contributed by atoms with E-state index in [0.717, 1.165) is 0 Å². The van der Waals surface area contributed by atoms with Crippen molar-refractivity contribution in [2.45, 2.75) is 32.1 Å². The molecule has 0 bridgehead atoms. The summed E-state index contributed by atoms with van der Waals surface area (Å²) in [6, 6.07) is 0. The zero-order valence-electron chi connectivity index (χ0n) is 17.6. The average molecular weight is 612 g/mol. The van der Waals surface area contributed by atoms with Crippen molar-refractivity contribution in [3.63, 3.8) is 0 Å². The number of carboxylic acid groups (broad SMARTS) is 10. The number of carbonyl (C=O) groups excluding carboxylic acids is 10. The third-order valence-electron chi connectivity index (χ3n) is 1.44. The van der Waals surface area contributed by atoms with Crippen molar-refractivity contribution >= 4 is 59.7 Å². The SMILES string of the molecule is O=C([O-])CC(=O)[O-].O=C([O-])CC(=O)[O-].O=C([O-])CC(=O)[O-].O=C([O-])CC(=O)[O-].O=C([O-])CC(=O)[O-].[V].[V]. The van der Waals surface area contributed by atoms with Crippen molar-refractivity contribution in [2.24, 2.45) is 0 Å². The summed E-state index contributed by atoms with van der Waals surface area (Å²) in [7, 11) is 0. The van der Waals surface area contributed by atoms with Gasteiger partial charge in [0.15, 0.2) is 0 Å². The minimum absolute atomic E-state index is 0. The van der Waals surface area contributed by atoms with Gasteiger partial charge in [0.05, 0.1) is 0 Å². The van der Waals surface area contributed by atoms with Crippen LogP contribution in [-0.4, -0.2) is 59.7 Å². The second-order valence-corrected chi connectivity index (χ2v) is 4.60. The van der Waals surface area contributed by atoms with Gasteiger partial charge in [-0.05, 0) is 0 Å². The zero-order valence-corrected chi connectivity index (χ0v) is 20.4.